The lowest BCUT2D eigenvalue weighted by Gasteiger charge is -2.37. The van der Waals surface area contributed by atoms with E-state index in [1.807, 2.05) is 6.07 Å². The van der Waals surface area contributed by atoms with E-state index in [1.54, 1.807) is 38.1 Å². The van der Waals surface area contributed by atoms with Crippen molar-refractivity contribution in [1.29, 1.82) is 0 Å². The molecular formula is C21H36O6S. The van der Waals surface area contributed by atoms with Gasteiger partial charge in [-0.3, -0.25) is 4.55 Å². The van der Waals surface area contributed by atoms with Crippen molar-refractivity contribution in [3.8, 4) is 5.75 Å². The Labute approximate surface area is 170 Å². The molecule has 1 aromatic carbocycles. The van der Waals surface area contributed by atoms with Gasteiger partial charge in [0.05, 0.1) is 13.2 Å². The summed E-state index contributed by atoms with van der Waals surface area (Å²) in [6.07, 6.45) is 7.48. The first-order valence-corrected chi connectivity index (χ1v) is 11.9. The van der Waals surface area contributed by atoms with E-state index in [-0.39, 0.29) is 19.6 Å². The van der Waals surface area contributed by atoms with Gasteiger partial charge in [-0.15, -0.1) is 0 Å². The highest BCUT2D eigenvalue weighted by Gasteiger charge is 2.51. The lowest BCUT2D eigenvalue weighted by Crippen LogP contribution is -2.55. The van der Waals surface area contributed by atoms with Gasteiger partial charge in [0.2, 0.25) is 0 Å². The number of rotatable bonds is 16. The smallest absolute Gasteiger partial charge is 0.347 e. The van der Waals surface area contributed by atoms with Crippen molar-refractivity contribution in [3.05, 3.63) is 30.3 Å². The van der Waals surface area contributed by atoms with Crippen LogP contribution in [-0.2, 0) is 19.6 Å². The Morgan fingerprint density at radius 2 is 1.43 bits per heavy atom. The zero-order valence-electron chi connectivity index (χ0n) is 17.4. The van der Waals surface area contributed by atoms with E-state index in [0.29, 0.717) is 12.2 Å². The lowest BCUT2D eigenvalue weighted by atomic mass is 10.1. The molecule has 0 aliphatic rings. The average molecular weight is 417 g/mol. The Morgan fingerprint density at radius 3 is 1.93 bits per heavy atom. The van der Waals surface area contributed by atoms with Gasteiger partial charge in [-0.2, -0.15) is 8.42 Å². The van der Waals surface area contributed by atoms with Crippen LogP contribution in [0.1, 0.15) is 72.1 Å². The third-order valence-corrected chi connectivity index (χ3v) is 5.76. The fourth-order valence-corrected chi connectivity index (χ4v) is 4.22. The summed E-state index contributed by atoms with van der Waals surface area (Å²) in [5.74, 6) is -1.47. The molecule has 7 heteroatoms. The van der Waals surface area contributed by atoms with Crippen LogP contribution in [0.4, 0.5) is 0 Å². The van der Waals surface area contributed by atoms with Gasteiger partial charge >= 0.3 is 5.97 Å². The highest BCUT2D eigenvalue weighted by atomic mass is 32.2. The van der Waals surface area contributed by atoms with Gasteiger partial charge in [0, 0.05) is 0 Å². The first kappa shape index (κ1) is 24.9. The van der Waals surface area contributed by atoms with Crippen LogP contribution < -0.4 is 4.74 Å². The van der Waals surface area contributed by atoms with Gasteiger partial charge in [0.25, 0.3) is 10.1 Å². The standard InChI is InChI=1S/C21H36O6S/c1-4-7-8-9-10-11-15-18-20(28(22,23)24)21(25-5-2,26-6-3)27-19-16-13-12-14-17-19/h12-14,16-17,20H,4-11,15,18H2,1-3H3,(H,22,23,24). The summed E-state index contributed by atoms with van der Waals surface area (Å²) in [6, 6.07) is 8.77. The van der Waals surface area contributed by atoms with Crippen LogP contribution in [0.25, 0.3) is 0 Å². The Kier molecular flexibility index (Phi) is 11.7. The molecule has 0 radical (unpaired) electrons. The first-order valence-electron chi connectivity index (χ1n) is 10.4. The second-order valence-corrected chi connectivity index (χ2v) is 8.40. The van der Waals surface area contributed by atoms with Gasteiger partial charge in [-0.05, 0) is 32.4 Å². The molecule has 0 bridgehead atoms. The molecule has 0 fully saturated rings. The molecule has 0 spiro atoms. The third-order valence-electron chi connectivity index (χ3n) is 4.52. The van der Waals surface area contributed by atoms with Crippen molar-refractivity contribution >= 4 is 10.1 Å². The third kappa shape index (κ3) is 8.47. The summed E-state index contributed by atoms with van der Waals surface area (Å²) in [5, 5.41) is -1.34. The number of hydrogen-bond donors (Lipinski definition) is 1. The molecule has 0 aliphatic carbocycles. The summed E-state index contributed by atoms with van der Waals surface area (Å²) in [5.41, 5.74) is 0. The Morgan fingerprint density at radius 1 is 0.893 bits per heavy atom. The molecule has 0 saturated carbocycles. The number of unbranched alkanes of at least 4 members (excludes halogenated alkanes) is 6. The van der Waals surface area contributed by atoms with Crippen LogP contribution in [-0.4, -0.2) is 37.4 Å². The Bertz CT molecular complexity index is 611. The van der Waals surface area contributed by atoms with Crippen LogP contribution in [0.2, 0.25) is 0 Å². The van der Waals surface area contributed by atoms with Crippen LogP contribution in [0.5, 0.6) is 5.75 Å². The predicted octanol–water partition coefficient (Wildman–Crippen LogP) is 5.19. The topological polar surface area (TPSA) is 82.1 Å². The molecule has 1 N–H and O–H groups in total. The summed E-state index contributed by atoms with van der Waals surface area (Å²) in [7, 11) is -4.46. The van der Waals surface area contributed by atoms with Crippen LogP contribution in [0.3, 0.4) is 0 Å². The molecule has 162 valence electrons. The fourth-order valence-electron chi connectivity index (χ4n) is 3.20. The molecule has 0 aliphatic heterocycles. The zero-order valence-corrected chi connectivity index (χ0v) is 18.2. The maximum absolute atomic E-state index is 12.2. The molecular weight excluding hydrogens is 380 g/mol. The lowest BCUT2D eigenvalue weighted by molar-refractivity contribution is -0.341. The van der Waals surface area contributed by atoms with Gasteiger partial charge < -0.3 is 14.2 Å². The predicted molar refractivity (Wildman–Crippen MR) is 111 cm³/mol. The van der Waals surface area contributed by atoms with Crippen molar-refractivity contribution in [3.63, 3.8) is 0 Å². The zero-order chi connectivity index (χ0) is 20.9. The van der Waals surface area contributed by atoms with Crippen molar-refractivity contribution < 1.29 is 27.2 Å². The van der Waals surface area contributed by atoms with Crippen LogP contribution in [0, 0.1) is 0 Å². The summed E-state index contributed by atoms with van der Waals surface area (Å²) < 4.78 is 51.7. The van der Waals surface area contributed by atoms with E-state index >= 15 is 0 Å². The highest BCUT2D eigenvalue weighted by molar-refractivity contribution is 7.86. The maximum atomic E-state index is 12.2. The van der Waals surface area contributed by atoms with E-state index < -0.39 is 21.3 Å². The van der Waals surface area contributed by atoms with Gasteiger partial charge in [-0.25, -0.2) is 0 Å². The molecule has 0 amide bonds. The highest BCUT2D eigenvalue weighted by Crippen LogP contribution is 2.31. The molecule has 28 heavy (non-hydrogen) atoms. The first-order chi connectivity index (χ1) is 13.4. The minimum Gasteiger partial charge on any atom is -0.438 e. The maximum Gasteiger partial charge on any atom is 0.347 e. The molecule has 0 saturated heterocycles. The number of benzene rings is 1. The average Bonchev–Trinajstić information content (AvgIpc) is 2.64. The fraction of sp³-hybridized carbons (Fsp3) is 0.714. The van der Waals surface area contributed by atoms with E-state index in [0.717, 1.165) is 19.3 Å². The van der Waals surface area contributed by atoms with Gasteiger partial charge in [0.1, 0.15) is 5.75 Å². The number of ether oxygens (including phenoxy) is 3. The number of hydrogen-bond acceptors (Lipinski definition) is 5. The Balaban J connectivity index is 2.94. The van der Waals surface area contributed by atoms with E-state index in [1.165, 1.54) is 19.3 Å². The minimum atomic E-state index is -4.46. The van der Waals surface area contributed by atoms with Gasteiger partial charge in [-0.1, -0.05) is 70.1 Å². The molecule has 6 nitrogen and oxygen atoms in total. The molecule has 1 atom stereocenters. The van der Waals surface area contributed by atoms with Crippen molar-refractivity contribution in [2.75, 3.05) is 13.2 Å². The quantitative estimate of drug-likeness (QED) is 0.227. The summed E-state index contributed by atoms with van der Waals surface area (Å²) in [6.45, 7) is 5.99. The minimum absolute atomic E-state index is 0.176. The van der Waals surface area contributed by atoms with Crippen LogP contribution in [0.15, 0.2) is 30.3 Å². The molecule has 1 rings (SSSR count). The second kappa shape index (κ2) is 13.1. The van der Waals surface area contributed by atoms with Gasteiger partial charge in [0.15, 0.2) is 5.25 Å². The molecule has 0 aromatic heterocycles. The normalized spacial score (nSPS) is 13.4. The molecule has 1 aromatic rings. The van der Waals surface area contributed by atoms with Crippen LogP contribution >= 0.6 is 0 Å². The summed E-state index contributed by atoms with van der Waals surface area (Å²) >= 11 is 0. The molecule has 1 unspecified atom stereocenters. The van der Waals surface area contributed by atoms with E-state index in [4.69, 9.17) is 14.2 Å². The van der Waals surface area contributed by atoms with Crippen molar-refractivity contribution in [2.24, 2.45) is 0 Å². The second-order valence-electron chi connectivity index (χ2n) is 6.80. The summed E-state index contributed by atoms with van der Waals surface area (Å²) in [4.78, 5) is 0. The van der Waals surface area contributed by atoms with Crippen molar-refractivity contribution in [2.45, 2.75) is 83.4 Å². The van der Waals surface area contributed by atoms with E-state index in [9.17, 15) is 13.0 Å². The Hall–Kier alpha value is -1.15. The largest absolute Gasteiger partial charge is 0.438 e. The molecule has 0 heterocycles. The van der Waals surface area contributed by atoms with Crippen molar-refractivity contribution in [1.82, 2.24) is 0 Å². The number of para-hydroxylation sites is 1. The SMILES string of the molecule is CCCCCCCCCC(C(OCC)(OCC)Oc1ccccc1)S(=O)(=O)O. The monoisotopic (exact) mass is 416 g/mol. The van der Waals surface area contributed by atoms with E-state index in [2.05, 4.69) is 6.92 Å².